The molecule has 0 amide bonds. The largest absolute Gasteiger partial charge is 0.0651 e. The maximum atomic E-state index is 2.46. The van der Waals surface area contributed by atoms with Gasteiger partial charge in [-0.1, -0.05) is 56.7 Å². The zero-order valence-corrected chi connectivity index (χ0v) is 15.2. The van der Waals surface area contributed by atoms with E-state index in [1.807, 2.05) is 0 Å². The van der Waals surface area contributed by atoms with Gasteiger partial charge in [0.05, 0.1) is 0 Å². The van der Waals surface area contributed by atoms with Crippen molar-refractivity contribution in [3.63, 3.8) is 0 Å². The zero-order valence-electron chi connectivity index (χ0n) is 15.2. The lowest BCUT2D eigenvalue weighted by atomic mass is 9.94. The van der Waals surface area contributed by atoms with Crippen molar-refractivity contribution < 1.29 is 0 Å². The monoisotopic (exact) mass is 306 g/mol. The van der Waals surface area contributed by atoms with Gasteiger partial charge in [0, 0.05) is 0 Å². The van der Waals surface area contributed by atoms with E-state index in [0.717, 1.165) is 18.3 Å². The number of rotatable bonds is 6. The Hall–Kier alpha value is -1.56. The van der Waals surface area contributed by atoms with E-state index < -0.39 is 0 Å². The first-order valence-corrected chi connectivity index (χ1v) is 9.23. The molecular weight excluding hydrogens is 276 g/mol. The molecule has 0 heterocycles. The Kier molecular flexibility index (Phi) is 4.90. The molecule has 1 fully saturated rings. The van der Waals surface area contributed by atoms with Gasteiger partial charge in [-0.15, -0.1) is 0 Å². The molecule has 122 valence electrons. The first-order chi connectivity index (χ1) is 11.0. The highest BCUT2D eigenvalue weighted by Gasteiger charge is 2.32. The van der Waals surface area contributed by atoms with Crippen LogP contribution in [-0.4, -0.2) is 0 Å². The molecule has 1 saturated carbocycles. The fourth-order valence-electron chi connectivity index (χ4n) is 3.63. The number of hydrogen-bond acceptors (Lipinski definition) is 0. The van der Waals surface area contributed by atoms with Crippen LogP contribution < -0.4 is 0 Å². The van der Waals surface area contributed by atoms with Crippen molar-refractivity contribution in [3.05, 3.63) is 69.8 Å². The van der Waals surface area contributed by atoms with E-state index in [0.29, 0.717) is 0 Å². The van der Waals surface area contributed by atoms with Crippen LogP contribution in [0.4, 0.5) is 0 Å². The van der Waals surface area contributed by atoms with Crippen molar-refractivity contribution in [2.75, 3.05) is 0 Å². The summed E-state index contributed by atoms with van der Waals surface area (Å²) in [5.41, 5.74) is 8.80. The minimum absolute atomic E-state index is 0.932. The normalized spacial score (nSPS) is 19.8. The van der Waals surface area contributed by atoms with Gasteiger partial charge in [0.15, 0.2) is 0 Å². The Morgan fingerprint density at radius 2 is 1.57 bits per heavy atom. The SMILES string of the molecule is CCCc1cc(Cc2ccc(C)c(C)c2)cc(CC2CC2C)c1. The van der Waals surface area contributed by atoms with Crippen LogP contribution >= 0.6 is 0 Å². The number of aryl methyl sites for hydroxylation is 3. The van der Waals surface area contributed by atoms with Crippen molar-refractivity contribution in [2.24, 2.45) is 11.8 Å². The van der Waals surface area contributed by atoms with Gasteiger partial charge in [0.25, 0.3) is 0 Å². The van der Waals surface area contributed by atoms with Crippen LogP contribution in [0.25, 0.3) is 0 Å². The molecular formula is C23H30. The van der Waals surface area contributed by atoms with Gasteiger partial charge in [-0.2, -0.15) is 0 Å². The first kappa shape index (κ1) is 16.3. The molecule has 0 aromatic heterocycles. The average molecular weight is 306 g/mol. The smallest absolute Gasteiger partial charge is 0.00255 e. The highest BCUT2D eigenvalue weighted by Crippen LogP contribution is 2.40. The third-order valence-electron chi connectivity index (χ3n) is 5.40. The minimum atomic E-state index is 0.932. The van der Waals surface area contributed by atoms with Crippen molar-refractivity contribution in [2.45, 2.75) is 59.8 Å². The highest BCUT2D eigenvalue weighted by atomic mass is 14.4. The van der Waals surface area contributed by atoms with Gasteiger partial charge >= 0.3 is 0 Å². The van der Waals surface area contributed by atoms with E-state index >= 15 is 0 Å². The molecule has 2 atom stereocenters. The molecule has 0 saturated heterocycles. The van der Waals surface area contributed by atoms with Crippen LogP contribution in [0, 0.1) is 25.7 Å². The summed E-state index contributed by atoms with van der Waals surface area (Å²) in [5, 5.41) is 0. The quantitative estimate of drug-likeness (QED) is 0.610. The lowest BCUT2D eigenvalue weighted by Crippen LogP contribution is -1.97. The molecule has 2 aromatic rings. The second kappa shape index (κ2) is 6.91. The summed E-state index contributed by atoms with van der Waals surface area (Å²) in [5.74, 6) is 1.87. The lowest BCUT2D eigenvalue weighted by Gasteiger charge is -2.11. The summed E-state index contributed by atoms with van der Waals surface area (Å²) in [4.78, 5) is 0. The van der Waals surface area contributed by atoms with Crippen LogP contribution in [0.2, 0.25) is 0 Å². The Labute approximate surface area is 141 Å². The third-order valence-corrected chi connectivity index (χ3v) is 5.40. The average Bonchev–Trinajstić information content (AvgIpc) is 3.18. The molecule has 0 bridgehead atoms. The maximum Gasteiger partial charge on any atom is -0.00255 e. The summed E-state index contributed by atoms with van der Waals surface area (Å²) < 4.78 is 0. The molecule has 2 aromatic carbocycles. The van der Waals surface area contributed by atoms with Crippen molar-refractivity contribution in [3.8, 4) is 0 Å². The number of benzene rings is 2. The van der Waals surface area contributed by atoms with Crippen molar-refractivity contribution in [1.29, 1.82) is 0 Å². The first-order valence-electron chi connectivity index (χ1n) is 9.23. The summed E-state index contributed by atoms with van der Waals surface area (Å²) in [6.07, 6.45) is 6.19. The van der Waals surface area contributed by atoms with E-state index in [9.17, 15) is 0 Å². The predicted molar refractivity (Wildman–Crippen MR) is 100 cm³/mol. The standard InChI is InChI=1S/C23H30/c1-5-6-19-11-21(13-20-8-7-16(2)17(3)9-20)14-22(12-19)15-23-10-18(23)4/h7-9,11-12,14,18,23H,5-6,10,13,15H2,1-4H3. The van der Waals surface area contributed by atoms with E-state index in [1.54, 1.807) is 5.56 Å². The minimum Gasteiger partial charge on any atom is -0.0651 e. The molecule has 0 radical (unpaired) electrons. The Morgan fingerprint density at radius 1 is 0.870 bits per heavy atom. The fourth-order valence-corrected chi connectivity index (χ4v) is 3.63. The van der Waals surface area contributed by atoms with Crippen molar-refractivity contribution >= 4 is 0 Å². The highest BCUT2D eigenvalue weighted by molar-refractivity contribution is 5.37. The van der Waals surface area contributed by atoms with Gasteiger partial charge in [0.2, 0.25) is 0 Å². The summed E-state index contributed by atoms with van der Waals surface area (Å²) in [6, 6.07) is 14.2. The van der Waals surface area contributed by atoms with Crippen LogP contribution in [0.15, 0.2) is 36.4 Å². The molecule has 0 nitrogen and oxygen atoms in total. The molecule has 23 heavy (non-hydrogen) atoms. The van der Waals surface area contributed by atoms with Gasteiger partial charge < -0.3 is 0 Å². The molecule has 2 unspecified atom stereocenters. The second-order valence-corrected chi connectivity index (χ2v) is 7.68. The Morgan fingerprint density at radius 3 is 2.22 bits per heavy atom. The van der Waals surface area contributed by atoms with Crippen molar-refractivity contribution in [1.82, 2.24) is 0 Å². The van der Waals surface area contributed by atoms with Gasteiger partial charge in [-0.3, -0.25) is 0 Å². The van der Waals surface area contributed by atoms with Gasteiger partial charge in [-0.05, 0) is 84.7 Å². The van der Waals surface area contributed by atoms with Crippen LogP contribution in [0.5, 0.6) is 0 Å². The lowest BCUT2D eigenvalue weighted by molar-refractivity contribution is 0.744. The molecule has 0 N–H and O–H groups in total. The van der Waals surface area contributed by atoms with E-state index in [2.05, 4.69) is 64.1 Å². The van der Waals surface area contributed by atoms with Crippen LogP contribution in [0.3, 0.4) is 0 Å². The third kappa shape index (κ3) is 4.25. The maximum absolute atomic E-state index is 2.46. The van der Waals surface area contributed by atoms with E-state index in [-0.39, 0.29) is 0 Å². The second-order valence-electron chi connectivity index (χ2n) is 7.68. The molecule has 1 aliphatic carbocycles. The predicted octanol–water partition coefficient (Wildman–Crippen LogP) is 6.05. The summed E-state index contributed by atoms with van der Waals surface area (Å²) in [7, 11) is 0. The van der Waals surface area contributed by atoms with Crippen LogP contribution in [0.1, 0.15) is 60.1 Å². The number of hydrogen-bond donors (Lipinski definition) is 0. The molecule has 1 aliphatic rings. The summed E-state index contributed by atoms with van der Waals surface area (Å²) in [6.45, 7) is 9.07. The Balaban J connectivity index is 1.82. The van der Waals surface area contributed by atoms with E-state index in [1.165, 1.54) is 53.5 Å². The molecule has 0 aliphatic heterocycles. The Bertz CT molecular complexity index is 680. The van der Waals surface area contributed by atoms with Gasteiger partial charge in [-0.25, -0.2) is 0 Å². The molecule has 0 spiro atoms. The van der Waals surface area contributed by atoms with Crippen LogP contribution in [-0.2, 0) is 19.3 Å². The van der Waals surface area contributed by atoms with E-state index in [4.69, 9.17) is 0 Å². The fraction of sp³-hybridized carbons (Fsp3) is 0.478. The molecule has 0 heteroatoms. The topological polar surface area (TPSA) is 0 Å². The van der Waals surface area contributed by atoms with Gasteiger partial charge in [0.1, 0.15) is 0 Å². The summed E-state index contributed by atoms with van der Waals surface area (Å²) >= 11 is 0. The molecule has 3 rings (SSSR count). The zero-order chi connectivity index (χ0) is 16.4.